The van der Waals surface area contributed by atoms with Gasteiger partial charge in [-0.2, -0.15) is 0 Å². The van der Waals surface area contributed by atoms with Gasteiger partial charge in [0.2, 0.25) is 5.79 Å². The van der Waals surface area contributed by atoms with E-state index in [-0.39, 0.29) is 16.7 Å². The van der Waals surface area contributed by atoms with Gasteiger partial charge >= 0.3 is 5.97 Å². The maximum absolute atomic E-state index is 11.2. The van der Waals surface area contributed by atoms with Crippen molar-refractivity contribution in [3.05, 3.63) is 70.8 Å². The lowest BCUT2D eigenvalue weighted by Gasteiger charge is -2.25. The van der Waals surface area contributed by atoms with Gasteiger partial charge in [-0.3, -0.25) is 0 Å². The second kappa shape index (κ2) is 4.84. The Labute approximate surface area is 110 Å². The highest BCUT2D eigenvalue weighted by Crippen LogP contribution is 2.31. The normalized spacial score (nSPS) is 11.3. The monoisotopic (exact) mass is 258 g/mol. The van der Waals surface area contributed by atoms with Crippen LogP contribution in [0.5, 0.6) is 0 Å². The average molecular weight is 258 g/mol. The van der Waals surface area contributed by atoms with Crippen LogP contribution in [0.25, 0.3) is 0 Å². The van der Waals surface area contributed by atoms with Gasteiger partial charge in [-0.15, -0.1) is 0 Å². The fraction of sp³-hybridized carbons (Fsp3) is 0.133. The third kappa shape index (κ3) is 2.36. The van der Waals surface area contributed by atoms with Crippen molar-refractivity contribution in [3.8, 4) is 0 Å². The Balaban J connectivity index is 2.63. The van der Waals surface area contributed by atoms with Crippen LogP contribution >= 0.6 is 0 Å². The van der Waals surface area contributed by atoms with Crippen LogP contribution in [0.4, 0.5) is 0 Å². The van der Waals surface area contributed by atoms with E-state index < -0.39 is 11.8 Å². The maximum atomic E-state index is 11.2. The molecule has 0 aliphatic heterocycles. The first kappa shape index (κ1) is 13.3. The minimum Gasteiger partial charge on any atom is -0.478 e. The Hall–Kier alpha value is -2.17. The van der Waals surface area contributed by atoms with Crippen molar-refractivity contribution in [2.45, 2.75) is 12.7 Å². The van der Waals surface area contributed by atoms with E-state index in [4.69, 9.17) is 5.11 Å². The van der Waals surface area contributed by atoms with Gasteiger partial charge in [0, 0.05) is 11.1 Å². The summed E-state index contributed by atoms with van der Waals surface area (Å²) < 4.78 is 0. The predicted octanol–water partition coefficient (Wildman–Crippen LogP) is 1.88. The molecule has 2 rings (SSSR count). The van der Waals surface area contributed by atoms with Gasteiger partial charge in [-0.1, -0.05) is 42.5 Å². The molecule has 19 heavy (non-hydrogen) atoms. The summed E-state index contributed by atoms with van der Waals surface area (Å²) in [6, 6.07) is 12.6. The summed E-state index contributed by atoms with van der Waals surface area (Å²) in [4.78, 5) is 11.2. The summed E-state index contributed by atoms with van der Waals surface area (Å²) in [6.07, 6.45) is 0. The number of rotatable bonds is 3. The van der Waals surface area contributed by atoms with E-state index in [0.29, 0.717) is 5.56 Å². The molecule has 0 aliphatic carbocycles. The van der Waals surface area contributed by atoms with Gasteiger partial charge in [0.05, 0.1) is 5.56 Å². The highest BCUT2D eigenvalue weighted by Gasteiger charge is 2.33. The number of benzene rings is 2. The zero-order chi connectivity index (χ0) is 14.0. The van der Waals surface area contributed by atoms with Gasteiger partial charge in [0.1, 0.15) is 0 Å². The summed E-state index contributed by atoms with van der Waals surface area (Å²) in [7, 11) is 0. The van der Waals surface area contributed by atoms with Crippen molar-refractivity contribution in [3.63, 3.8) is 0 Å². The van der Waals surface area contributed by atoms with E-state index in [1.165, 1.54) is 12.1 Å². The number of hydrogen-bond acceptors (Lipinski definition) is 3. The number of carbonyl (C=O) groups is 1. The summed E-state index contributed by atoms with van der Waals surface area (Å²) in [5, 5.41) is 29.8. The SMILES string of the molecule is Cc1ccccc1C(O)(O)c1ccccc1C(=O)O. The molecule has 0 aromatic heterocycles. The minimum atomic E-state index is -2.33. The molecule has 4 nitrogen and oxygen atoms in total. The van der Waals surface area contributed by atoms with Crippen LogP contribution in [0.3, 0.4) is 0 Å². The summed E-state index contributed by atoms with van der Waals surface area (Å²) in [5.41, 5.74) is 0.768. The number of aliphatic hydroxyl groups is 2. The molecule has 0 aliphatic rings. The van der Waals surface area contributed by atoms with Crippen molar-refractivity contribution in [2.75, 3.05) is 0 Å². The largest absolute Gasteiger partial charge is 0.478 e. The Morgan fingerprint density at radius 3 is 2.05 bits per heavy atom. The molecule has 0 atom stereocenters. The third-order valence-electron chi connectivity index (χ3n) is 3.05. The molecule has 0 fully saturated rings. The molecule has 2 aromatic rings. The molecule has 0 spiro atoms. The van der Waals surface area contributed by atoms with E-state index >= 15 is 0 Å². The summed E-state index contributed by atoms with van der Waals surface area (Å²) in [6.45, 7) is 1.74. The van der Waals surface area contributed by atoms with Gasteiger partial charge in [0.25, 0.3) is 0 Å². The van der Waals surface area contributed by atoms with Crippen LogP contribution < -0.4 is 0 Å². The zero-order valence-electron chi connectivity index (χ0n) is 10.4. The Bertz CT molecular complexity index is 617. The molecule has 98 valence electrons. The van der Waals surface area contributed by atoms with E-state index in [1.807, 2.05) is 0 Å². The summed E-state index contributed by atoms with van der Waals surface area (Å²) in [5.74, 6) is -3.53. The van der Waals surface area contributed by atoms with Crippen LogP contribution in [0.15, 0.2) is 48.5 Å². The van der Waals surface area contributed by atoms with E-state index in [9.17, 15) is 15.0 Å². The van der Waals surface area contributed by atoms with Crippen LogP contribution in [-0.2, 0) is 5.79 Å². The lowest BCUT2D eigenvalue weighted by molar-refractivity contribution is -0.133. The predicted molar refractivity (Wildman–Crippen MR) is 69.8 cm³/mol. The van der Waals surface area contributed by atoms with Crippen LogP contribution in [0.2, 0.25) is 0 Å². The number of carboxylic acid groups (broad SMARTS) is 1. The first-order valence-electron chi connectivity index (χ1n) is 5.78. The van der Waals surface area contributed by atoms with E-state index in [1.54, 1.807) is 43.3 Å². The molecular formula is C15H14O4. The maximum Gasteiger partial charge on any atom is 0.336 e. The summed E-state index contributed by atoms with van der Waals surface area (Å²) >= 11 is 0. The molecule has 0 amide bonds. The highest BCUT2D eigenvalue weighted by molar-refractivity contribution is 5.89. The lowest BCUT2D eigenvalue weighted by Crippen LogP contribution is -2.29. The number of aryl methyl sites for hydroxylation is 1. The molecule has 0 radical (unpaired) electrons. The molecule has 0 heterocycles. The zero-order valence-corrected chi connectivity index (χ0v) is 10.4. The van der Waals surface area contributed by atoms with E-state index in [2.05, 4.69) is 0 Å². The van der Waals surface area contributed by atoms with Crippen molar-refractivity contribution >= 4 is 5.97 Å². The third-order valence-corrected chi connectivity index (χ3v) is 3.05. The van der Waals surface area contributed by atoms with Gasteiger partial charge < -0.3 is 15.3 Å². The van der Waals surface area contributed by atoms with Crippen LogP contribution in [-0.4, -0.2) is 21.3 Å². The Kier molecular flexibility index (Phi) is 3.38. The highest BCUT2D eigenvalue weighted by atomic mass is 16.5. The molecule has 0 bridgehead atoms. The fourth-order valence-corrected chi connectivity index (χ4v) is 2.08. The molecule has 2 aromatic carbocycles. The van der Waals surface area contributed by atoms with E-state index in [0.717, 1.165) is 0 Å². The van der Waals surface area contributed by atoms with Crippen molar-refractivity contribution in [1.82, 2.24) is 0 Å². The molecule has 4 heteroatoms. The molecule has 0 unspecified atom stereocenters. The standard InChI is InChI=1S/C15H14O4/c1-10-6-2-4-8-12(10)15(18,19)13-9-5-3-7-11(13)14(16)17/h2-9,18-19H,1H3,(H,16,17). The molecule has 3 N–H and O–H groups in total. The van der Waals surface area contributed by atoms with Gasteiger partial charge in [-0.25, -0.2) is 4.79 Å². The Morgan fingerprint density at radius 1 is 0.947 bits per heavy atom. The molecule has 0 saturated carbocycles. The minimum absolute atomic E-state index is 0.0446. The van der Waals surface area contributed by atoms with Gasteiger partial charge in [-0.05, 0) is 18.6 Å². The fourth-order valence-electron chi connectivity index (χ4n) is 2.08. The number of aromatic carboxylic acids is 1. The van der Waals surface area contributed by atoms with Gasteiger partial charge in [0.15, 0.2) is 0 Å². The van der Waals surface area contributed by atoms with Crippen molar-refractivity contribution in [1.29, 1.82) is 0 Å². The second-order valence-corrected chi connectivity index (χ2v) is 4.34. The Morgan fingerprint density at radius 2 is 1.47 bits per heavy atom. The number of hydrogen-bond donors (Lipinski definition) is 3. The quantitative estimate of drug-likeness (QED) is 0.734. The molecular weight excluding hydrogens is 244 g/mol. The van der Waals surface area contributed by atoms with Crippen molar-refractivity contribution < 1.29 is 20.1 Å². The second-order valence-electron chi connectivity index (χ2n) is 4.34. The van der Waals surface area contributed by atoms with Crippen LogP contribution in [0.1, 0.15) is 27.0 Å². The van der Waals surface area contributed by atoms with Crippen LogP contribution in [0, 0.1) is 6.92 Å². The lowest BCUT2D eigenvalue weighted by atomic mass is 9.91. The average Bonchev–Trinajstić information content (AvgIpc) is 2.39. The molecule has 0 saturated heterocycles. The topological polar surface area (TPSA) is 77.8 Å². The first-order chi connectivity index (χ1) is 8.94. The number of carboxylic acids is 1. The smallest absolute Gasteiger partial charge is 0.336 e. The first-order valence-corrected chi connectivity index (χ1v) is 5.78. The van der Waals surface area contributed by atoms with Crippen molar-refractivity contribution in [2.24, 2.45) is 0 Å².